The van der Waals surface area contributed by atoms with Gasteiger partial charge >= 0.3 is 0 Å². The summed E-state index contributed by atoms with van der Waals surface area (Å²) in [5.41, 5.74) is 7.59. The number of nitrogens with zero attached hydrogens (tertiary/aromatic N) is 1. The quantitative estimate of drug-likeness (QED) is 0.821. The van der Waals surface area contributed by atoms with Gasteiger partial charge in [0.05, 0.1) is 5.52 Å². The molecule has 2 N–H and O–H groups in total. The molecule has 0 unspecified atom stereocenters. The topological polar surface area (TPSA) is 30.9 Å². The van der Waals surface area contributed by atoms with Crippen molar-refractivity contribution in [2.24, 2.45) is 12.8 Å². The van der Waals surface area contributed by atoms with E-state index in [0.717, 1.165) is 31.2 Å². The van der Waals surface area contributed by atoms with Gasteiger partial charge in [0.2, 0.25) is 0 Å². The van der Waals surface area contributed by atoms with Crippen molar-refractivity contribution in [3.8, 4) is 0 Å². The average Bonchev–Trinajstić information content (AvgIpc) is 2.73. The molecular weight excluding hydrogens is 227 g/mol. The predicted molar refractivity (Wildman–Crippen MR) is 71.8 cm³/mol. The first-order valence-corrected chi connectivity index (χ1v) is 6.65. The lowest BCUT2D eigenvalue weighted by Crippen LogP contribution is -2.39. The molecule has 1 aliphatic carbocycles. The largest absolute Gasteiger partial charge is 0.350 e. The Bertz CT molecular complexity index is 579. The number of hydrogen-bond donors (Lipinski definition) is 1. The number of rotatable bonds is 1. The lowest BCUT2D eigenvalue weighted by molar-refractivity contribution is 0.294. The minimum Gasteiger partial charge on any atom is -0.350 e. The number of halogens is 1. The van der Waals surface area contributed by atoms with Gasteiger partial charge in [0.15, 0.2) is 0 Å². The van der Waals surface area contributed by atoms with Crippen molar-refractivity contribution in [3.63, 3.8) is 0 Å². The van der Waals surface area contributed by atoms with Crippen LogP contribution in [-0.2, 0) is 12.6 Å². The van der Waals surface area contributed by atoms with Crippen molar-refractivity contribution in [1.82, 2.24) is 4.57 Å². The van der Waals surface area contributed by atoms with Gasteiger partial charge in [-0.15, -0.1) is 0 Å². The molecule has 18 heavy (non-hydrogen) atoms. The van der Waals surface area contributed by atoms with Gasteiger partial charge in [-0.25, -0.2) is 4.39 Å². The van der Waals surface area contributed by atoms with E-state index in [1.54, 1.807) is 0 Å². The molecule has 0 spiro atoms. The van der Waals surface area contributed by atoms with Gasteiger partial charge in [0, 0.05) is 29.7 Å². The van der Waals surface area contributed by atoms with Gasteiger partial charge in [0.25, 0.3) is 0 Å². The van der Waals surface area contributed by atoms with Gasteiger partial charge in [-0.1, -0.05) is 25.3 Å². The fraction of sp³-hybridized carbons (Fsp3) is 0.467. The molecule has 1 aromatic carbocycles. The summed E-state index contributed by atoms with van der Waals surface area (Å²) < 4.78 is 16.6. The van der Waals surface area contributed by atoms with Crippen molar-refractivity contribution >= 4 is 10.9 Å². The third-order valence-electron chi connectivity index (χ3n) is 4.28. The molecule has 1 fully saturated rings. The molecule has 2 aromatic rings. The van der Waals surface area contributed by atoms with E-state index in [2.05, 4.69) is 0 Å². The van der Waals surface area contributed by atoms with Crippen LogP contribution in [0.15, 0.2) is 24.4 Å². The van der Waals surface area contributed by atoms with Crippen LogP contribution < -0.4 is 5.73 Å². The molecule has 96 valence electrons. The molecule has 0 aliphatic heterocycles. The summed E-state index contributed by atoms with van der Waals surface area (Å²) in [6, 6.07) is 5.69. The second kappa shape index (κ2) is 4.09. The van der Waals surface area contributed by atoms with E-state index in [0.29, 0.717) is 10.9 Å². The average molecular weight is 246 g/mol. The molecule has 1 heterocycles. The second-order valence-corrected chi connectivity index (χ2v) is 5.50. The minimum atomic E-state index is -0.466. The third kappa shape index (κ3) is 1.65. The van der Waals surface area contributed by atoms with Crippen LogP contribution >= 0.6 is 0 Å². The first-order chi connectivity index (χ1) is 8.62. The molecular formula is C15H19FN2. The van der Waals surface area contributed by atoms with Gasteiger partial charge in [-0.2, -0.15) is 0 Å². The maximum atomic E-state index is 14.6. The van der Waals surface area contributed by atoms with E-state index in [-0.39, 0.29) is 5.82 Å². The Kier molecular flexibility index (Phi) is 2.67. The van der Waals surface area contributed by atoms with Gasteiger partial charge in [-0.3, -0.25) is 0 Å². The Morgan fingerprint density at radius 2 is 1.89 bits per heavy atom. The van der Waals surface area contributed by atoms with Gasteiger partial charge < -0.3 is 10.3 Å². The van der Waals surface area contributed by atoms with E-state index < -0.39 is 5.54 Å². The molecule has 2 nitrogen and oxygen atoms in total. The molecule has 0 radical (unpaired) electrons. The number of fused-ring (bicyclic) bond motifs is 1. The maximum Gasteiger partial charge on any atom is 0.137 e. The summed E-state index contributed by atoms with van der Waals surface area (Å²) in [5.74, 6) is -0.127. The summed E-state index contributed by atoms with van der Waals surface area (Å²) in [6.45, 7) is 0. The fourth-order valence-corrected chi connectivity index (χ4v) is 3.15. The molecule has 0 bridgehead atoms. The summed E-state index contributed by atoms with van der Waals surface area (Å²) >= 11 is 0. The third-order valence-corrected chi connectivity index (χ3v) is 4.28. The molecule has 1 aliphatic rings. The molecule has 1 saturated carbocycles. The maximum absolute atomic E-state index is 14.6. The summed E-state index contributed by atoms with van der Waals surface area (Å²) in [5, 5.41) is 0.686. The SMILES string of the molecule is Cn1ccc2c(F)c(C3(N)CCCCC3)ccc21. The fourth-order valence-electron chi connectivity index (χ4n) is 3.15. The van der Waals surface area contributed by atoms with E-state index >= 15 is 0 Å². The Labute approximate surface area is 107 Å². The molecule has 1 aromatic heterocycles. The Hall–Kier alpha value is -1.35. The van der Waals surface area contributed by atoms with Crippen LogP contribution in [0.1, 0.15) is 37.7 Å². The lowest BCUT2D eigenvalue weighted by atomic mass is 9.77. The highest BCUT2D eigenvalue weighted by molar-refractivity contribution is 5.82. The summed E-state index contributed by atoms with van der Waals surface area (Å²) in [6.07, 6.45) is 7.09. The Balaban J connectivity index is 2.14. The zero-order chi connectivity index (χ0) is 12.8. The van der Waals surface area contributed by atoms with E-state index in [1.807, 2.05) is 36.0 Å². The van der Waals surface area contributed by atoms with Crippen molar-refractivity contribution < 1.29 is 4.39 Å². The Morgan fingerprint density at radius 1 is 1.17 bits per heavy atom. The normalized spacial score (nSPS) is 19.3. The first kappa shape index (κ1) is 11.7. The van der Waals surface area contributed by atoms with Crippen LogP contribution in [0.3, 0.4) is 0 Å². The second-order valence-electron chi connectivity index (χ2n) is 5.50. The molecule has 0 amide bonds. The van der Waals surface area contributed by atoms with Crippen LogP contribution in [0.4, 0.5) is 4.39 Å². The number of nitrogens with two attached hydrogens (primary N) is 1. The smallest absolute Gasteiger partial charge is 0.137 e. The Morgan fingerprint density at radius 3 is 2.61 bits per heavy atom. The van der Waals surface area contributed by atoms with Crippen LogP contribution in [0, 0.1) is 5.82 Å². The van der Waals surface area contributed by atoms with E-state index in [4.69, 9.17) is 5.73 Å². The molecule has 0 atom stereocenters. The van der Waals surface area contributed by atoms with Crippen LogP contribution in [-0.4, -0.2) is 4.57 Å². The van der Waals surface area contributed by atoms with E-state index in [9.17, 15) is 4.39 Å². The molecule has 3 rings (SSSR count). The van der Waals surface area contributed by atoms with E-state index in [1.165, 1.54) is 6.42 Å². The van der Waals surface area contributed by atoms with Crippen LogP contribution in [0.25, 0.3) is 10.9 Å². The first-order valence-electron chi connectivity index (χ1n) is 6.65. The zero-order valence-corrected chi connectivity index (χ0v) is 10.7. The lowest BCUT2D eigenvalue weighted by Gasteiger charge is -2.34. The minimum absolute atomic E-state index is 0.127. The monoisotopic (exact) mass is 246 g/mol. The van der Waals surface area contributed by atoms with Crippen molar-refractivity contribution in [3.05, 3.63) is 35.8 Å². The zero-order valence-electron chi connectivity index (χ0n) is 10.7. The standard InChI is InChI=1S/C15H19FN2/c1-18-10-7-11-13(18)6-5-12(14(11)16)15(17)8-3-2-4-9-15/h5-7,10H,2-4,8-9,17H2,1H3. The molecule has 0 saturated heterocycles. The summed E-state index contributed by atoms with van der Waals surface area (Å²) in [4.78, 5) is 0. The number of aryl methyl sites for hydroxylation is 1. The highest BCUT2D eigenvalue weighted by Crippen LogP contribution is 2.37. The van der Waals surface area contributed by atoms with Crippen molar-refractivity contribution in [2.45, 2.75) is 37.6 Å². The summed E-state index contributed by atoms with van der Waals surface area (Å²) in [7, 11) is 1.93. The van der Waals surface area contributed by atoms with Crippen molar-refractivity contribution in [2.75, 3.05) is 0 Å². The number of hydrogen-bond acceptors (Lipinski definition) is 1. The molecule has 3 heteroatoms. The van der Waals surface area contributed by atoms with Gasteiger partial charge in [-0.05, 0) is 25.0 Å². The number of aromatic nitrogens is 1. The highest BCUT2D eigenvalue weighted by atomic mass is 19.1. The number of benzene rings is 1. The van der Waals surface area contributed by atoms with Gasteiger partial charge in [0.1, 0.15) is 5.82 Å². The predicted octanol–water partition coefficient (Wildman–Crippen LogP) is 3.44. The highest BCUT2D eigenvalue weighted by Gasteiger charge is 2.32. The van der Waals surface area contributed by atoms with Crippen LogP contribution in [0.5, 0.6) is 0 Å². The van der Waals surface area contributed by atoms with Crippen LogP contribution in [0.2, 0.25) is 0 Å². The van der Waals surface area contributed by atoms with Crippen molar-refractivity contribution in [1.29, 1.82) is 0 Å².